The first-order valence-corrected chi connectivity index (χ1v) is 5.10. The second kappa shape index (κ2) is 4.56. The number of nitrogens with two attached hydrogens (primary N) is 2. The number of aromatic amines is 1. The van der Waals surface area contributed by atoms with E-state index in [9.17, 15) is 4.79 Å². The van der Waals surface area contributed by atoms with Crippen LogP contribution < -0.4 is 22.3 Å². The molecule has 6 heteroatoms. The minimum atomic E-state index is -0.437. The highest BCUT2D eigenvalue weighted by molar-refractivity contribution is 5.58. The van der Waals surface area contributed by atoms with Gasteiger partial charge in [0.15, 0.2) is 5.82 Å². The maximum atomic E-state index is 11.3. The molecular weight excluding hydrogens is 218 g/mol. The van der Waals surface area contributed by atoms with Gasteiger partial charge in [0.05, 0.1) is 0 Å². The van der Waals surface area contributed by atoms with Gasteiger partial charge in [0.1, 0.15) is 5.69 Å². The third-order valence-corrected chi connectivity index (χ3v) is 2.29. The monoisotopic (exact) mass is 231 g/mol. The van der Waals surface area contributed by atoms with Crippen LogP contribution >= 0.6 is 0 Å². The van der Waals surface area contributed by atoms with Crippen molar-refractivity contribution in [2.24, 2.45) is 0 Å². The van der Waals surface area contributed by atoms with Gasteiger partial charge in [-0.3, -0.25) is 9.78 Å². The van der Waals surface area contributed by atoms with Crippen LogP contribution in [-0.4, -0.2) is 9.97 Å². The SMILES string of the molecule is Nc1nc(NCc2ccccc2)[nH]c(=O)c1N. The maximum Gasteiger partial charge on any atom is 0.277 e. The molecule has 17 heavy (non-hydrogen) atoms. The zero-order chi connectivity index (χ0) is 12.3. The van der Waals surface area contributed by atoms with Crippen molar-refractivity contribution in [1.82, 2.24) is 9.97 Å². The van der Waals surface area contributed by atoms with Gasteiger partial charge in [0, 0.05) is 6.54 Å². The van der Waals surface area contributed by atoms with Gasteiger partial charge < -0.3 is 16.8 Å². The molecule has 1 heterocycles. The van der Waals surface area contributed by atoms with Crippen LogP contribution in [0.25, 0.3) is 0 Å². The highest BCUT2D eigenvalue weighted by Crippen LogP contribution is 2.07. The molecule has 0 saturated heterocycles. The van der Waals surface area contributed by atoms with E-state index in [1.807, 2.05) is 30.3 Å². The fourth-order valence-corrected chi connectivity index (χ4v) is 1.37. The summed E-state index contributed by atoms with van der Waals surface area (Å²) in [6.45, 7) is 0.549. The molecule has 0 atom stereocenters. The quantitative estimate of drug-likeness (QED) is 0.616. The lowest BCUT2D eigenvalue weighted by atomic mass is 10.2. The summed E-state index contributed by atoms with van der Waals surface area (Å²) in [6.07, 6.45) is 0. The van der Waals surface area contributed by atoms with Crippen molar-refractivity contribution in [2.45, 2.75) is 6.54 Å². The molecule has 0 saturated carbocycles. The van der Waals surface area contributed by atoms with E-state index in [1.54, 1.807) is 0 Å². The van der Waals surface area contributed by atoms with E-state index in [1.165, 1.54) is 0 Å². The molecule has 0 amide bonds. The molecule has 0 aliphatic rings. The van der Waals surface area contributed by atoms with Crippen LogP contribution in [0.2, 0.25) is 0 Å². The average molecular weight is 231 g/mol. The summed E-state index contributed by atoms with van der Waals surface area (Å²) in [4.78, 5) is 17.8. The van der Waals surface area contributed by atoms with Crippen LogP contribution in [0.3, 0.4) is 0 Å². The largest absolute Gasteiger partial charge is 0.391 e. The van der Waals surface area contributed by atoms with E-state index in [4.69, 9.17) is 11.5 Å². The van der Waals surface area contributed by atoms with Gasteiger partial charge in [-0.15, -0.1) is 0 Å². The van der Waals surface area contributed by atoms with Crippen molar-refractivity contribution >= 4 is 17.5 Å². The summed E-state index contributed by atoms with van der Waals surface area (Å²) in [5, 5.41) is 2.97. The van der Waals surface area contributed by atoms with Gasteiger partial charge in [0.25, 0.3) is 5.56 Å². The first-order valence-electron chi connectivity index (χ1n) is 5.10. The molecule has 6 N–H and O–H groups in total. The van der Waals surface area contributed by atoms with Crippen LogP contribution in [0.1, 0.15) is 5.56 Å². The second-order valence-electron chi connectivity index (χ2n) is 3.55. The molecule has 0 fully saturated rings. The molecule has 0 bridgehead atoms. The fourth-order valence-electron chi connectivity index (χ4n) is 1.37. The van der Waals surface area contributed by atoms with E-state index >= 15 is 0 Å². The Labute approximate surface area is 97.7 Å². The summed E-state index contributed by atoms with van der Waals surface area (Å²) in [6, 6.07) is 9.73. The number of aromatic nitrogens is 2. The summed E-state index contributed by atoms with van der Waals surface area (Å²) >= 11 is 0. The molecule has 88 valence electrons. The minimum absolute atomic E-state index is 0.0318. The van der Waals surface area contributed by atoms with E-state index in [-0.39, 0.29) is 11.5 Å². The predicted molar refractivity (Wildman–Crippen MR) is 67.5 cm³/mol. The van der Waals surface area contributed by atoms with Crippen molar-refractivity contribution < 1.29 is 0 Å². The number of anilines is 3. The van der Waals surface area contributed by atoms with E-state index < -0.39 is 5.56 Å². The van der Waals surface area contributed by atoms with Gasteiger partial charge in [0.2, 0.25) is 5.95 Å². The van der Waals surface area contributed by atoms with Crippen LogP contribution in [0, 0.1) is 0 Å². The number of nitrogen functional groups attached to an aromatic ring is 2. The minimum Gasteiger partial charge on any atom is -0.391 e. The highest BCUT2D eigenvalue weighted by atomic mass is 16.1. The molecular formula is C11H13N5O. The number of benzene rings is 1. The summed E-state index contributed by atoms with van der Waals surface area (Å²) < 4.78 is 0. The number of rotatable bonds is 3. The Morgan fingerprint density at radius 2 is 1.94 bits per heavy atom. The molecule has 1 aromatic carbocycles. The Bertz CT molecular complexity index is 564. The Hall–Kier alpha value is -2.50. The topological polar surface area (TPSA) is 110 Å². The number of hydrogen-bond donors (Lipinski definition) is 4. The normalized spacial score (nSPS) is 10.1. The molecule has 0 radical (unpaired) electrons. The predicted octanol–water partition coefficient (Wildman–Crippen LogP) is 0.546. The van der Waals surface area contributed by atoms with Gasteiger partial charge in [-0.1, -0.05) is 30.3 Å². The number of nitrogens with one attached hydrogen (secondary N) is 2. The van der Waals surface area contributed by atoms with Crippen LogP contribution in [0.5, 0.6) is 0 Å². The third-order valence-electron chi connectivity index (χ3n) is 2.29. The van der Waals surface area contributed by atoms with E-state index in [0.717, 1.165) is 5.56 Å². The number of nitrogens with zero attached hydrogens (tertiary/aromatic N) is 1. The zero-order valence-electron chi connectivity index (χ0n) is 9.10. The van der Waals surface area contributed by atoms with Crippen LogP contribution in [0.4, 0.5) is 17.5 Å². The lowest BCUT2D eigenvalue weighted by molar-refractivity contribution is 1.04. The molecule has 6 nitrogen and oxygen atoms in total. The van der Waals surface area contributed by atoms with Gasteiger partial charge in [-0.2, -0.15) is 4.98 Å². The molecule has 2 aromatic rings. The Morgan fingerprint density at radius 1 is 1.24 bits per heavy atom. The lowest BCUT2D eigenvalue weighted by Gasteiger charge is -2.06. The third kappa shape index (κ3) is 2.54. The standard InChI is InChI=1S/C11H13N5O/c12-8-9(13)15-11(16-10(8)17)14-6-7-4-2-1-3-5-7/h1-5H,6,12H2,(H4,13,14,15,16,17). The van der Waals surface area contributed by atoms with Crippen LogP contribution in [0.15, 0.2) is 35.1 Å². The molecule has 0 unspecified atom stereocenters. The van der Waals surface area contributed by atoms with Crippen LogP contribution in [-0.2, 0) is 6.54 Å². The second-order valence-corrected chi connectivity index (χ2v) is 3.55. The highest BCUT2D eigenvalue weighted by Gasteiger charge is 2.04. The van der Waals surface area contributed by atoms with Gasteiger partial charge in [-0.05, 0) is 5.56 Å². The first kappa shape index (κ1) is 11.0. The number of H-pyrrole nitrogens is 1. The zero-order valence-corrected chi connectivity index (χ0v) is 9.10. The summed E-state index contributed by atoms with van der Waals surface area (Å²) in [5.74, 6) is 0.342. The smallest absolute Gasteiger partial charge is 0.277 e. The lowest BCUT2D eigenvalue weighted by Crippen LogP contribution is -2.18. The fraction of sp³-hybridized carbons (Fsp3) is 0.0909. The maximum absolute atomic E-state index is 11.3. The van der Waals surface area contributed by atoms with E-state index in [0.29, 0.717) is 12.5 Å². The van der Waals surface area contributed by atoms with Crippen molar-refractivity contribution in [3.05, 3.63) is 46.2 Å². The van der Waals surface area contributed by atoms with Gasteiger partial charge in [-0.25, -0.2) is 0 Å². The Morgan fingerprint density at radius 3 is 2.59 bits per heavy atom. The molecule has 0 aliphatic heterocycles. The molecule has 0 aliphatic carbocycles. The van der Waals surface area contributed by atoms with E-state index in [2.05, 4.69) is 15.3 Å². The van der Waals surface area contributed by atoms with Crippen molar-refractivity contribution in [3.63, 3.8) is 0 Å². The first-order chi connectivity index (χ1) is 8.16. The molecule has 2 rings (SSSR count). The number of hydrogen-bond acceptors (Lipinski definition) is 5. The Kier molecular flexibility index (Phi) is 2.95. The molecule has 1 aromatic heterocycles. The Balaban J connectivity index is 2.13. The van der Waals surface area contributed by atoms with Crippen molar-refractivity contribution in [1.29, 1.82) is 0 Å². The van der Waals surface area contributed by atoms with Crippen molar-refractivity contribution in [3.8, 4) is 0 Å². The molecule has 0 spiro atoms. The summed E-state index contributed by atoms with van der Waals surface area (Å²) in [7, 11) is 0. The summed E-state index contributed by atoms with van der Waals surface area (Å²) in [5.41, 5.74) is 11.5. The van der Waals surface area contributed by atoms with Crippen molar-refractivity contribution in [2.75, 3.05) is 16.8 Å². The average Bonchev–Trinajstić information content (AvgIpc) is 2.34. The van der Waals surface area contributed by atoms with Gasteiger partial charge >= 0.3 is 0 Å².